The predicted octanol–water partition coefficient (Wildman–Crippen LogP) is 2.18. The molecule has 0 unspecified atom stereocenters. The largest absolute Gasteiger partial charge is 0.497 e. The maximum Gasteiger partial charge on any atom is 0.308 e. The first kappa shape index (κ1) is 20.7. The summed E-state index contributed by atoms with van der Waals surface area (Å²) in [6.45, 7) is 1.83. The van der Waals surface area contributed by atoms with Crippen molar-refractivity contribution in [1.82, 2.24) is 10.6 Å². The Morgan fingerprint density at radius 3 is 2.36 bits per heavy atom. The summed E-state index contributed by atoms with van der Waals surface area (Å²) in [5, 5.41) is 5.37. The Labute approximate surface area is 163 Å². The van der Waals surface area contributed by atoms with Crippen molar-refractivity contribution in [2.75, 3.05) is 20.2 Å². The molecule has 0 saturated carbocycles. The summed E-state index contributed by atoms with van der Waals surface area (Å²) in [4.78, 5) is 34.9. The molecule has 28 heavy (non-hydrogen) atoms. The van der Waals surface area contributed by atoms with Crippen LogP contribution in [0.5, 0.6) is 11.5 Å². The highest BCUT2D eigenvalue weighted by atomic mass is 16.5. The smallest absolute Gasteiger partial charge is 0.308 e. The standard InChI is InChI=1S/C21H22N2O5/c1-15(24)28-19-5-3-4-17(14-19)21(26)23-13-12-22-20(25)11-8-16-6-9-18(27-2)10-7-16/h3-11,14H,12-13H2,1-2H3,(H,22,25)(H,23,26)/b11-8+. The molecule has 0 fully saturated rings. The van der Waals surface area contributed by atoms with Crippen molar-refractivity contribution in [2.24, 2.45) is 0 Å². The molecule has 0 bridgehead atoms. The highest BCUT2D eigenvalue weighted by Gasteiger charge is 2.07. The van der Waals surface area contributed by atoms with Gasteiger partial charge in [-0.1, -0.05) is 18.2 Å². The van der Waals surface area contributed by atoms with Crippen molar-refractivity contribution in [3.05, 3.63) is 65.7 Å². The Hall–Kier alpha value is -3.61. The summed E-state index contributed by atoms with van der Waals surface area (Å²) in [5.41, 5.74) is 1.24. The lowest BCUT2D eigenvalue weighted by Gasteiger charge is -2.07. The van der Waals surface area contributed by atoms with Gasteiger partial charge < -0.3 is 20.1 Å². The molecule has 0 radical (unpaired) electrons. The Morgan fingerprint density at radius 2 is 1.68 bits per heavy atom. The van der Waals surface area contributed by atoms with E-state index >= 15 is 0 Å². The third-order valence-electron chi connectivity index (χ3n) is 3.61. The summed E-state index contributed by atoms with van der Waals surface area (Å²) in [5.74, 6) is 0.00905. The molecule has 0 saturated heterocycles. The maximum atomic E-state index is 12.1. The van der Waals surface area contributed by atoms with Gasteiger partial charge in [-0.05, 0) is 42.0 Å². The van der Waals surface area contributed by atoms with Crippen molar-refractivity contribution in [3.63, 3.8) is 0 Å². The lowest BCUT2D eigenvalue weighted by Crippen LogP contribution is -2.34. The number of amides is 2. The van der Waals surface area contributed by atoms with E-state index in [9.17, 15) is 14.4 Å². The van der Waals surface area contributed by atoms with E-state index in [0.29, 0.717) is 11.3 Å². The number of methoxy groups -OCH3 is 1. The van der Waals surface area contributed by atoms with E-state index < -0.39 is 5.97 Å². The van der Waals surface area contributed by atoms with E-state index in [1.54, 1.807) is 31.4 Å². The summed E-state index contributed by atoms with van der Waals surface area (Å²) in [6.07, 6.45) is 3.11. The minimum Gasteiger partial charge on any atom is -0.497 e. The third kappa shape index (κ3) is 6.95. The van der Waals surface area contributed by atoms with Gasteiger partial charge in [-0.2, -0.15) is 0 Å². The van der Waals surface area contributed by atoms with Gasteiger partial charge in [0.1, 0.15) is 11.5 Å². The summed E-state index contributed by atoms with van der Waals surface area (Å²) < 4.78 is 10.0. The minimum atomic E-state index is -0.456. The number of hydrogen-bond acceptors (Lipinski definition) is 5. The van der Waals surface area contributed by atoms with Crippen LogP contribution in [0.1, 0.15) is 22.8 Å². The van der Waals surface area contributed by atoms with Crippen LogP contribution in [0.15, 0.2) is 54.6 Å². The highest BCUT2D eigenvalue weighted by Crippen LogP contribution is 2.13. The lowest BCUT2D eigenvalue weighted by atomic mass is 10.2. The molecule has 0 atom stereocenters. The molecule has 2 aromatic carbocycles. The second-order valence-corrected chi connectivity index (χ2v) is 5.77. The van der Waals surface area contributed by atoms with E-state index in [1.807, 2.05) is 24.3 Å². The Balaban J connectivity index is 1.74. The zero-order chi connectivity index (χ0) is 20.4. The first-order valence-electron chi connectivity index (χ1n) is 8.64. The molecular formula is C21H22N2O5. The minimum absolute atomic E-state index is 0.262. The van der Waals surface area contributed by atoms with E-state index in [1.165, 1.54) is 19.1 Å². The van der Waals surface area contributed by atoms with Crippen LogP contribution >= 0.6 is 0 Å². The van der Waals surface area contributed by atoms with Crippen LogP contribution in [0, 0.1) is 0 Å². The lowest BCUT2D eigenvalue weighted by molar-refractivity contribution is -0.131. The molecule has 0 spiro atoms. The van der Waals surface area contributed by atoms with Gasteiger partial charge in [0.15, 0.2) is 0 Å². The second-order valence-electron chi connectivity index (χ2n) is 5.77. The van der Waals surface area contributed by atoms with Gasteiger partial charge in [0.2, 0.25) is 5.91 Å². The number of carbonyl (C=O) groups excluding carboxylic acids is 3. The predicted molar refractivity (Wildman–Crippen MR) is 105 cm³/mol. The van der Waals surface area contributed by atoms with Crippen LogP contribution in [-0.4, -0.2) is 38.0 Å². The highest BCUT2D eigenvalue weighted by molar-refractivity contribution is 5.95. The molecule has 7 nitrogen and oxygen atoms in total. The molecule has 0 aliphatic carbocycles. The molecular weight excluding hydrogens is 360 g/mol. The van der Waals surface area contributed by atoms with Gasteiger partial charge in [-0.3, -0.25) is 14.4 Å². The summed E-state index contributed by atoms with van der Waals surface area (Å²) in [7, 11) is 1.59. The summed E-state index contributed by atoms with van der Waals surface area (Å²) in [6, 6.07) is 13.6. The van der Waals surface area contributed by atoms with Crippen LogP contribution in [0.25, 0.3) is 6.08 Å². The molecule has 146 valence electrons. The van der Waals surface area contributed by atoms with Gasteiger partial charge in [0.25, 0.3) is 5.91 Å². The van der Waals surface area contributed by atoms with E-state index in [4.69, 9.17) is 9.47 Å². The van der Waals surface area contributed by atoms with Gasteiger partial charge >= 0.3 is 5.97 Å². The first-order valence-corrected chi connectivity index (χ1v) is 8.64. The molecule has 0 heterocycles. The fourth-order valence-corrected chi connectivity index (χ4v) is 2.28. The fraction of sp³-hybridized carbons (Fsp3) is 0.190. The number of hydrogen-bond donors (Lipinski definition) is 2. The van der Waals surface area contributed by atoms with Crippen LogP contribution in [0.4, 0.5) is 0 Å². The number of ether oxygens (including phenoxy) is 2. The Kier molecular flexibility index (Phi) is 7.77. The van der Waals surface area contributed by atoms with Crippen LogP contribution in [0.3, 0.4) is 0 Å². The van der Waals surface area contributed by atoms with Crippen molar-refractivity contribution in [3.8, 4) is 11.5 Å². The van der Waals surface area contributed by atoms with Gasteiger partial charge in [0, 0.05) is 31.7 Å². The van der Waals surface area contributed by atoms with E-state index in [2.05, 4.69) is 10.6 Å². The van der Waals surface area contributed by atoms with Crippen molar-refractivity contribution >= 4 is 23.9 Å². The Bertz CT molecular complexity index is 859. The number of esters is 1. The summed E-state index contributed by atoms with van der Waals surface area (Å²) >= 11 is 0. The molecule has 2 N–H and O–H groups in total. The maximum absolute atomic E-state index is 12.1. The van der Waals surface area contributed by atoms with E-state index in [0.717, 1.165) is 11.3 Å². The zero-order valence-electron chi connectivity index (χ0n) is 15.7. The molecule has 0 aromatic heterocycles. The SMILES string of the molecule is COc1ccc(/C=C/C(=O)NCCNC(=O)c2cccc(OC(C)=O)c2)cc1. The second kappa shape index (κ2) is 10.5. The third-order valence-corrected chi connectivity index (χ3v) is 3.61. The normalized spacial score (nSPS) is 10.4. The number of benzene rings is 2. The van der Waals surface area contributed by atoms with Crippen LogP contribution in [-0.2, 0) is 9.59 Å². The van der Waals surface area contributed by atoms with Gasteiger partial charge in [-0.25, -0.2) is 0 Å². The number of nitrogens with one attached hydrogen (secondary N) is 2. The first-order chi connectivity index (χ1) is 13.5. The number of carbonyl (C=O) groups is 3. The monoisotopic (exact) mass is 382 g/mol. The fourth-order valence-electron chi connectivity index (χ4n) is 2.28. The average molecular weight is 382 g/mol. The van der Waals surface area contributed by atoms with Crippen LogP contribution in [0.2, 0.25) is 0 Å². The van der Waals surface area contributed by atoms with E-state index in [-0.39, 0.29) is 24.9 Å². The Morgan fingerprint density at radius 1 is 0.964 bits per heavy atom. The van der Waals surface area contributed by atoms with Crippen molar-refractivity contribution in [2.45, 2.75) is 6.92 Å². The molecule has 2 amide bonds. The van der Waals surface area contributed by atoms with Gasteiger partial charge in [-0.15, -0.1) is 0 Å². The molecule has 2 aromatic rings. The van der Waals surface area contributed by atoms with Crippen molar-refractivity contribution in [1.29, 1.82) is 0 Å². The molecule has 0 aliphatic rings. The number of rotatable bonds is 8. The van der Waals surface area contributed by atoms with Gasteiger partial charge in [0.05, 0.1) is 7.11 Å². The molecule has 0 aliphatic heterocycles. The average Bonchev–Trinajstić information content (AvgIpc) is 2.69. The van der Waals surface area contributed by atoms with Crippen molar-refractivity contribution < 1.29 is 23.9 Å². The zero-order valence-corrected chi connectivity index (χ0v) is 15.7. The van der Waals surface area contributed by atoms with Crippen LogP contribution < -0.4 is 20.1 Å². The topological polar surface area (TPSA) is 93.7 Å². The molecule has 2 rings (SSSR count). The molecule has 7 heteroatoms. The quantitative estimate of drug-likeness (QED) is 0.316.